The molecule has 0 spiro atoms. The summed E-state index contributed by atoms with van der Waals surface area (Å²) < 4.78 is 0. The van der Waals surface area contributed by atoms with Crippen LogP contribution in [0.3, 0.4) is 0 Å². The van der Waals surface area contributed by atoms with Crippen molar-refractivity contribution in [1.29, 1.82) is 0 Å². The van der Waals surface area contributed by atoms with Crippen LogP contribution in [0.25, 0.3) is 16.5 Å². The predicted molar refractivity (Wildman–Crippen MR) is 133 cm³/mol. The highest BCUT2D eigenvalue weighted by Gasteiger charge is 2.35. The normalized spacial score (nSPS) is 16.8. The predicted octanol–water partition coefficient (Wildman–Crippen LogP) is 5.06. The molecule has 0 unspecified atom stereocenters. The fourth-order valence-electron chi connectivity index (χ4n) is 4.33. The minimum atomic E-state index is -1.22. The summed E-state index contributed by atoms with van der Waals surface area (Å²) in [6, 6.07) is 19.4. The molecule has 0 saturated carbocycles. The van der Waals surface area contributed by atoms with Crippen LogP contribution in [0.2, 0.25) is 0 Å². The number of aliphatic carboxylic acids is 1. The van der Waals surface area contributed by atoms with Crippen molar-refractivity contribution < 1.29 is 14.7 Å². The summed E-state index contributed by atoms with van der Waals surface area (Å²) in [5.74, 6) is -1.66. The van der Waals surface area contributed by atoms with E-state index in [4.69, 9.17) is 0 Å². The first-order chi connectivity index (χ1) is 16.0. The zero-order valence-corrected chi connectivity index (χ0v) is 19.0. The molecule has 2 aliphatic heterocycles. The van der Waals surface area contributed by atoms with Crippen molar-refractivity contribution in [2.75, 3.05) is 23.0 Å². The molecule has 1 amide bonds. The molecule has 33 heavy (non-hydrogen) atoms. The van der Waals surface area contributed by atoms with Gasteiger partial charge in [-0.05, 0) is 73.4 Å². The lowest BCUT2D eigenvalue weighted by Crippen LogP contribution is -2.28. The highest BCUT2D eigenvalue weighted by Crippen LogP contribution is 2.35. The number of carbonyl (C=O) groups is 2. The van der Waals surface area contributed by atoms with Gasteiger partial charge in [0.05, 0.1) is 11.3 Å². The Morgan fingerprint density at radius 2 is 1.97 bits per heavy atom. The van der Waals surface area contributed by atoms with Crippen molar-refractivity contribution in [2.45, 2.75) is 19.8 Å². The first-order valence-electron chi connectivity index (χ1n) is 11.0. The lowest BCUT2D eigenvalue weighted by Gasteiger charge is -2.30. The first kappa shape index (κ1) is 21.2. The number of amides is 1. The number of carboxylic acids is 1. The number of aryl methyl sites for hydroxylation is 1. The van der Waals surface area contributed by atoms with Crippen molar-refractivity contribution >= 4 is 46.4 Å². The summed E-state index contributed by atoms with van der Waals surface area (Å²) in [6.45, 7) is 4.28. The highest BCUT2D eigenvalue weighted by molar-refractivity contribution is 7.16. The van der Waals surface area contributed by atoms with Crippen LogP contribution in [0.5, 0.6) is 0 Å². The van der Waals surface area contributed by atoms with Crippen LogP contribution in [-0.4, -0.2) is 35.8 Å². The molecule has 1 aromatic heterocycles. The zero-order valence-electron chi connectivity index (χ0n) is 18.2. The van der Waals surface area contributed by atoms with Gasteiger partial charge in [0.2, 0.25) is 0 Å². The maximum atomic E-state index is 13.0. The van der Waals surface area contributed by atoms with E-state index >= 15 is 0 Å². The Labute approximate surface area is 196 Å². The van der Waals surface area contributed by atoms with Crippen LogP contribution in [0, 0.1) is 0 Å². The molecular weight excluding hydrogens is 434 g/mol. The molecule has 166 valence electrons. The minimum Gasteiger partial charge on any atom is -0.476 e. The molecule has 0 saturated heterocycles. The molecule has 0 bridgehead atoms. The van der Waals surface area contributed by atoms with Crippen LogP contribution >= 0.6 is 11.3 Å². The third-order valence-corrected chi connectivity index (χ3v) is 7.04. The van der Waals surface area contributed by atoms with Crippen LogP contribution in [0.4, 0.5) is 11.4 Å². The smallest absolute Gasteiger partial charge is 0.357 e. The maximum Gasteiger partial charge on any atom is 0.357 e. The Balaban J connectivity index is 1.45. The number of carboxylic acid groups (broad SMARTS) is 1. The van der Waals surface area contributed by atoms with E-state index in [-0.39, 0.29) is 11.3 Å². The molecule has 3 heterocycles. The van der Waals surface area contributed by atoms with Gasteiger partial charge >= 0.3 is 5.97 Å². The lowest BCUT2D eigenvalue weighted by atomic mass is 9.99. The van der Waals surface area contributed by atoms with E-state index in [1.54, 1.807) is 30.3 Å². The van der Waals surface area contributed by atoms with Crippen molar-refractivity contribution in [2.24, 2.45) is 5.10 Å². The van der Waals surface area contributed by atoms with Crippen molar-refractivity contribution in [3.8, 4) is 10.4 Å². The number of fused-ring (bicyclic) bond motifs is 1. The molecule has 6 nitrogen and oxygen atoms in total. The SMILES string of the molecule is CCN1CCCc2cc(-c3ccc(/C=C4\C(=O)N(c5ccccc5)N=C4C(=O)O)s3)ccc21. The molecule has 2 aliphatic rings. The zero-order chi connectivity index (χ0) is 22.9. The van der Waals surface area contributed by atoms with Crippen molar-refractivity contribution in [1.82, 2.24) is 0 Å². The average molecular weight is 458 g/mol. The standard InChI is InChI=1S/C26H23N3O3S/c1-2-28-14-6-7-17-15-18(10-12-22(17)28)23-13-11-20(33-23)16-21-24(26(31)32)27-29(25(21)30)19-8-4-3-5-9-19/h3-5,8-13,15-16H,2,6-7,14H2,1H3,(H,31,32)/b21-16-. The molecule has 2 aromatic carbocycles. The Morgan fingerprint density at radius 3 is 2.73 bits per heavy atom. The fourth-order valence-corrected chi connectivity index (χ4v) is 5.28. The average Bonchev–Trinajstić information content (AvgIpc) is 3.44. The third-order valence-electron chi connectivity index (χ3n) is 5.96. The quantitative estimate of drug-likeness (QED) is 0.544. The number of carbonyl (C=O) groups excluding carboxylic acids is 1. The van der Waals surface area contributed by atoms with E-state index in [9.17, 15) is 14.7 Å². The van der Waals surface area contributed by atoms with E-state index < -0.39 is 11.9 Å². The van der Waals surface area contributed by atoms with Gasteiger partial charge < -0.3 is 10.0 Å². The number of hydrogen-bond donors (Lipinski definition) is 1. The first-order valence-corrected chi connectivity index (χ1v) is 11.8. The van der Waals surface area contributed by atoms with Crippen LogP contribution in [0.15, 0.2) is 71.3 Å². The van der Waals surface area contributed by atoms with E-state index in [0.29, 0.717) is 5.69 Å². The van der Waals surface area contributed by atoms with E-state index in [1.165, 1.54) is 22.6 Å². The third kappa shape index (κ3) is 3.96. The number of anilines is 2. The topological polar surface area (TPSA) is 73.2 Å². The second-order valence-electron chi connectivity index (χ2n) is 7.99. The summed E-state index contributed by atoms with van der Waals surface area (Å²) in [5.41, 5.74) is 4.19. The van der Waals surface area contributed by atoms with Crippen LogP contribution in [-0.2, 0) is 16.0 Å². The Morgan fingerprint density at radius 1 is 1.15 bits per heavy atom. The van der Waals surface area contributed by atoms with Crippen LogP contribution in [0.1, 0.15) is 23.8 Å². The van der Waals surface area contributed by atoms with Gasteiger partial charge in [0.25, 0.3) is 5.91 Å². The Hall–Kier alpha value is -3.71. The molecule has 3 aromatic rings. The monoisotopic (exact) mass is 457 g/mol. The summed E-state index contributed by atoms with van der Waals surface area (Å²) in [6.07, 6.45) is 3.86. The van der Waals surface area contributed by atoms with Gasteiger partial charge in [0, 0.05) is 28.5 Å². The van der Waals surface area contributed by atoms with Gasteiger partial charge in [-0.3, -0.25) is 4.79 Å². The molecule has 5 rings (SSSR count). The van der Waals surface area contributed by atoms with Gasteiger partial charge in [-0.2, -0.15) is 10.1 Å². The number of hydrazone groups is 1. The summed E-state index contributed by atoms with van der Waals surface area (Å²) in [5, 5.41) is 14.9. The molecular formula is C26H23N3O3S. The number of hydrogen-bond acceptors (Lipinski definition) is 5. The van der Waals surface area contributed by atoms with E-state index in [1.807, 2.05) is 18.2 Å². The van der Waals surface area contributed by atoms with Crippen molar-refractivity contribution in [3.05, 3.63) is 76.7 Å². The summed E-state index contributed by atoms with van der Waals surface area (Å²) in [7, 11) is 0. The van der Waals surface area contributed by atoms with Crippen molar-refractivity contribution in [3.63, 3.8) is 0 Å². The summed E-state index contributed by atoms with van der Waals surface area (Å²) >= 11 is 1.53. The number of rotatable bonds is 5. The second kappa shape index (κ2) is 8.67. The Kier molecular flexibility index (Phi) is 5.56. The highest BCUT2D eigenvalue weighted by atomic mass is 32.1. The van der Waals surface area contributed by atoms with E-state index in [2.05, 4.69) is 35.1 Å². The molecule has 0 radical (unpaired) electrons. The number of thiophene rings is 1. The Bertz CT molecular complexity index is 1290. The lowest BCUT2D eigenvalue weighted by molar-refractivity contribution is -0.129. The minimum absolute atomic E-state index is 0.0868. The van der Waals surface area contributed by atoms with Crippen LogP contribution < -0.4 is 9.91 Å². The number of nitrogens with zero attached hydrogens (tertiary/aromatic N) is 3. The largest absolute Gasteiger partial charge is 0.476 e. The molecule has 1 N–H and O–H groups in total. The number of para-hydroxylation sites is 1. The number of benzene rings is 2. The molecule has 7 heteroatoms. The van der Waals surface area contributed by atoms with Gasteiger partial charge in [-0.1, -0.05) is 24.3 Å². The molecule has 0 atom stereocenters. The second-order valence-corrected chi connectivity index (χ2v) is 9.11. The van der Waals surface area contributed by atoms with Gasteiger partial charge in [-0.25, -0.2) is 4.79 Å². The van der Waals surface area contributed by atoms with E-state index in [0.717, 1.165) is 46.3 Å². The van der Waals surface area contributed by atoms with Gasteiger partial charge in [0.15, 0.2) is 5.71 Å². The molecule has 0 fully saturated rings. The van der Waals surface area contributed by atoms with Gasteiger partial charge in [-0.15, -0.1) is 11.3 Å². The maximum absolute atomic E-state index is 13.0. The van der Waals surface area contributed by atoms with Gasteiger partial charge in [0.1, 0.15) is 0 Å². The fraction of sp³-hybridized carbons (Fsp3) is 0.192. The molecule has 0 aliphatic carbocycles. The summed E-state index contributed by atoms with van der Waals surface area (Å²) in [4.78, 5) is 29.1.